The van der Waals surface area contributed by atoms with Crippen LogP contribution in [-0.4, -0.2) is 15.5 Å². The van der Waals surface area contributed by atoms with Gasteiger partial charge < -0.3 is 9.88 Å². The molecule has 0 spiro atoms. The average Bonchev–Trinajstić information content (AvgIpc) is 2.98. The van der Waals surface area contributed by atoms with E-state index in [-0.39, 0.29) is 11.9 Å². The van der Waals surface area contributed by atoms with E-state index in [1.165, 1.54) is 11.6 Å². The van der Waals surface area contributed by atoms with Gasteiger partial charge in [-0.1, -0.05) is 49.0 Å². The van der Waals surface area contributed by atoms with Gasteiger partial charge in [0.15, 0.2) is 0 Å². The molecule has 1 unspecified atom stereocenters. The zero-order valence-corrected chi connectivity index (χ0v) is 13.1. The summed E-state index contributed by atoms with van der Waals surface area (Å²) >= 11 is 0. The number of hydrogen-bond donors (Lipinski definition) is 1. The second-order valence-electron chi connectivity index (χ2n) is 5.40. The first-order valence-electron chi connectivity index (χ1n) is 7.61. The van der Waals surface area contributed by atoms with Crippen molar-refractivity contribution in [3.63, 3.8) is 0 Å². The molecule has 1 atom stereocenters. The normalized spacial score (nSPS) is 12.0. The van der Waals surface area contributed by atoms with Gasteiger partial charge in [0.1, 0.15) is 5.82 Å². The van der Waals surface area contributed by atoms with Crippen LogP contribution in [0.5, 0.6) is 0 Å². The summed E-state index contributed by atoms with van der Waals surface area (Å²) in [5.74, 6) is 0.633. The van der Waals surface area contributed by atoms with Crippen LogP contribution < -0.4 is 5.32 Å². The van der Waals surface area contributed by atoms with Gasteiger partial charge in [-0.2, -0.15) is 0 Å². The molecule has 0 radical (unpaired) electrons. The number of rotatable bonds is 5. The van der Waals surface area contributed by atoms with E-state index in [4.69, 9.17) is 0 Å². The zero-order chi connectivity index (χ0) is 16.2. The Labute approximate surface area is 135 Å². The molecule has 1 aromatic heterocycles. The molecule has 2 aromatic carbocycles. The predicted octanol–water partition coefficient (Wildman–Crippen LogP) is 3.45. The highest BCUT2D eigenvalue weighted by molar-refractivity contribution is 5.86. The standard InChI is InChI=1S/C19H19N3O/c1-3-19(23)20-13-18-21-16-11-7-8-12-17(16)22(18)14(2)15-9-5-4-6-10-15/h3-12,14H,1,13H2,2H3,(H,20,23). The third-order valence-corrected chi connectivity index (χ3v) is 3.94. The van der Waals surface area contributed by atoms with E-state index in [1.807, 2.05) is 36.4 Å². The van der Waals surface area contributed by atoms with Crippen LogP contribution >= 0.6 is 0 Å². The first kappa shape index (κ1) is 15.0. The third kappa shape index (κ3) is 3.01. The van der Waals surface area contributed by atoms with Crippen molar-refractivity contribution in [3.8, 4) is 0 Å². The number of carbonyl (C=O) groups excluding carboxylic acids is 1. The number of benzene rings is 2. The summed E-state index contributed by atoms with van der Waals surface area (Å²) in [7, 11) is 0. The summed E-state index contributed by atoms with van der Waals surface area (Å²) in [6, 6.07) is 18.4. The molecule has 0 saturated carbocycles. The molecule has 0 aliphatic rings. The maximum atomic E-state index is 11.5. The highest BCUT2D eigenvalue weighted by Gasteiger charge is 2.17. The van der Waals surface area contributed by atoms with Gasteiger partial charge in [0.25, 0.3) is 0 Å². The van der Waals surface area contributed by atoms with Gasteiger partial charge in [-0.15, -0.1) is 0 Å². The predicted molar refractivity (Wildman–Crippen MR) is 92.0 cm³/mol. The topological polar surface area (TPSA) is 46.9 Å². The second-order valence-corrected chi connectivity index (χ2v) is 5.40. The molecule has 0 aliphatic heterocycles. The molecule has 3 aromatic rings. The first-order chi connectivity index (χ1) is 11.2. The van der Waals surface area contributed by atoms with Crippen LogP contribution in [0.25, 0.3) is 11.0 Å². The third-order valence-electron chi connectivity index (χ3n) is 3.94. The quantitative estimate of drug-likeness (QED) is 0.734. The smallest absolute Gasteiger partial charge is 0.243 e. The van der Waals surface area contributed by atoms with Gasteiger partial charge in [0, 0.05) is 0 Å². The second kappa shape index (κ2) is 6.48. The maximum absolute atomic E-state index is 11.5. The van der Waals surface area contributed by atoms with Gasteiger partial charge >= 0.3 is 0 Å². The molecular weight excluding hydrogens is 286 g/mol. The number of nitrogens with one attached hydrogen (secondary N) is 1. The number of fused-ring (bicyclic) bond motifs is 1. The first-order valence-corrected chi connectivity index (χ1v) is 7.61. The van der Waals surface area contributed by atoms with Crippen LogP contribution in [0, 0.1) is 0 Å². The lowest BCUT2D eigenvalue weighted by molar-refractivity contribution is -0.116. The number of aromatic nitrogens is 2. The minimum Gasteiger partial charge on any atom is -0.345 e. The fourth-order valence-corrected chi connectivity index (χ4v) is 2.77. The lowest BCUT2D eigenvalue weighted by Gasteiger charge is -2.18. The van der Waals surface area contributed by atoms with Crippen molar-refractivity contribution in [2.75, 3.05) is 0 Å². The van der Waals surface area contributed by atoms with Crippen LogP contribution in [-0.2, 0) is 11.3 Å². The molecule has 1 heterocycles. The Kier molecular flexibility index (Phi) is 4.24. The zero-order valence-electron chi connectivity index (χ0n) is 13.1. The fraction of sp³-hybridized carbons (Fsp3) is 0.158. The van der Waals surface area contributed by atoms with Gasteiger partial charge in [0.05, 0.1) is 23.6 Å². The number of para-hydroxylation sites is 2. The highest BCUT2D eigenvalue weighted by atomic mass is 16.1. The molecule has 3 rings (SSSR count). The van der Waals surface area contributed by atoms with E-state index in [1.54, 1.807) is 0 Å². The molecule has 1 amide bonds. The van der Waals surface area contributed by atoms with Crippen LogP contribution in [0.3, 0.4) is 0 Å². The van der Waals surface area contributed by atoms with Crippen LogP contribution in [0.2, 0.25) is 0 Å². The van der Waals surface area contributed by atoms with E-state index in [2.05, 4.69) is 46.6 Å². The Balaban J connectivity index is 2.05. The molecular formula is C19H19N3O. The maximum Gasteiger partial charge on any atom is 0.243 e. The minimum atomic E-state index is -0.198. The molecule has 1 N–H and O–H groups in total. The summed E-state index contributed by atoms with van der Waals surface area (Å²) in [6.07, 6.45) is 1.27. The van der Waals surface area contributed by atoms with Crippen molar-refractivity contribution in [1.29, 1.82) is 0 Å². The minimum absolute atomic E-state index is 0.124. The van der Waals surface area contributed by atoms with Crippen molar-refractivity contribution in [3.05, 3.63) is 78.6 Å². The SMILES string of the molecule is C=CC(=O)NCc1nc2ccccc2n1C(C)c1ccccc1. The Morgan fingerprint density at radius 2 is 1.91 bits per heavy atom. The Morgan fingerprint density at radius 3 is 2.65 bits per heavy atom. The van der Waals surface area contributed by atoms with Gasteiger partial charge in [-0.25, -0.2) is 4.98 Å². The number of nitrogens with zero attached hydrogens (tertiary/aromatic N) is 2. The number of hydrogen-bond acceptors (Lipinski definition) is 2. The van der Waals surface area contributed by atoms with Crippen molar-refractivity contribution in [2.24, 2.45) is 0 Å². The number of amides is 1. The van der Waals surface area contributed by atoms with Gasteiger partial charge in [0.2, 0.25) is 5.91 Å². The van der Waals surface area contributed by atoms with Crippen LogP contribution in [0.15, 0.2) is 67.3 Å². The molecule has 4 heteroatoms. The Morgan fingerprint density at radius 1 is 1.22 bits per heavy atom. The molecule has 0 fully saturated rings. The highest BCUT2D eigenvalue weighted by Crippen LogP contribution is 2.25. The van der Waals surface area contributed by atoms with Crippen molar-refractivity contribution < 1.29 is 4.79 Å². The molecule has 23 heavy (non-hydrogen) atoms. The summed E-state index contributed by atoms with van der Waals surface area (Å²) < 4.78 is 2.17. The molecule has 0 saturated heterocycles. The van der Waals surface area contributed by atoms with E-state index in [0.717, 1.165) is 16.9 Å². The molecule has 0 bridgehead atoms. The average molecular weight is 305 g/mol. The van der Waals surface area contributed by atoms with Crippen molar-refractivity contribution in [2.45, 2.75) is 19.5 Å². The summed E-state index contributed by atoms with van der Waals surface area (Å²) in [5, 5.41) is 2.82. The van der Waals surface area contributed by atoms with Crippen LogP contribution in [0.4, 0.5) is 0 Å². The van der Waals surface area contributed by atoms with E-state index >= 15 is 0 Å². The largest absolute Gasteiger partial charge is 0.345 e. The Hall–Kier alpha value is -2.88. The van der Waals surface area contributed by atoms with Crippen molar-refractivity contribution in [1.82, 2.24) is 14.9 Å². The van der Waals surface area contributed by atoms with Gasteiger partial charge in [-0.05, 0) is 30.7 Å². The fourth-order valence-electron chi connectivity index (χ4n) is 2.77. The van der Waals surface area contributed by atoms with Gasteiger partial charge in [-0.3, -0.25) is 4.79 Å². The van der Waals surface area contributed by atoms with Crippen LogP contribution in [0.1, 0.15) is 24.4 Å². The molecule has 4 nitrogen and oxygen atoms in total. The molecule has 0 aliphatic carbocycles. The summed E-state index contributed by atoms with van der Waals surface area (Å²) in [4.78, 5) is 16.2. The number of carbonyl (C=O) groups is 1. The lowest BCUT2D eigenvalue weighted by atomic mass is 10.1. The van der Waals surface area contributed by atoms with E-state index < -0.39 is 0 Å². The summed E-state index contributed by atoms with van der Waals surface area (Å²) in [6.45, 7) is 5.99. The van der Waals surface area contributed by atoms with E-state index in [0.29, 0.717) is 6.54 Å². The monoisotopic (exact) mass is 305 g/mol. The van der Waals surface area contributed by atoms with E-state index in [9.17, 15) is 4.79 Å². The number of imidazole rings is 1. The summed E-state index contributed by atoms with van der Waals surface area (Å²) in [5.41, 5.74) is 3.19. The Bertz CT molecular complexity index is 836. The van der Waals surface area contributed by atoms with Crippen molar-refractivity contribution >= 4 is 16.9 Å². The molecule has 116 valence electrons. The lowest BCUT2D eigenvalue weighted by Crippen LogP contribution is -2.23.